The fourth-order valence-electron chi connectivity index (χ4n) is 3.09. The molecule has 0 unspecified atom stereocenters. The third-order valence-corrected chi connectivity index (χ3v) is 5.31. The molecule has 2 aromatic carbocycles. The highest BCUT2D eigenvalue weighted by molar-refractivity contribution is 7.71. The van der Waals surface area contributed by atoms with E-state index in [0.717, 1.165) is 50.3 Å². The molecule has 1 N–H and O–H groups in total. The van der Waals surface area contributed by atoms with E-state index in [0.29, 0.717) is 17.9 Å². The number of nitriles is 2. The van der Waals surface area contributed by atoms with Crippen LogP contribution in [0.1, 0.15) is 24.0 Å². The van der Waals surface area contributed by atoms with E-state index in [1.165, 1.54) is 0 Å². The Morgan fingerprint density at radius 1 is 0.900 bits per heavy atom. The summed E-state index contributed by atoms with van der Waals surface area (Å²) in [6.45, 7) is 0. The van der Waals surface area contributed by atoms with E-state index in [1.807, 2.05) is 42.6 Å². The molecule has 2 aromatic heterocycles. The van der Waals surface area contributed by atoms with Gasteiger partial charge in [-0.15, -0.1) is 0 Å². The van der Waals surface area contributed by atoms with E-state index in [9.17, 15) is 0 Å². The van der Waals surface area contributed by atoms with Gasteiger partial charge in [-0.25, -0.2) is 0 Å². The van der Waals surface area contributed by atoms with Crippen molar-refractivity contribution in [2.45, 2.75) is 25.7 Å². The number of H-pyrrole nitrogens is 1. The van der Waals surface area contributed by atoms with Gasteiger partial charge in [-0.3, -0.25) is 4.98 Å². The number of nitrogens with zero attached hydrogens (tertiary/aromatic N) is 3. The number of hydrogen-bond acceptors (Lipinski definition) is 4. The first-order valence-corrected chi connectivity index (χ1v) is 10.3. The first-order chi connectivity index (χ1) is 14.6. The highest BCUT2D eigenvalue weighted by Crippen LogP contribution is 2.23. The lowest BCUT2D eigenvalue weighted by Crippen LogP contribution is -1.86. The highest BCUT2D eigenvalue weighted by atomic mass is 35.5. The Hall–Kier alpha value is -3.25. The minimum Gasteiger partial charge on any atom is -0.361 e. The van der Waals surface area contributed by atoms with Gasteiger partial charge in [0.05, 0.1) is 22.7 Å². The molecular weight excluding hydrogens is 412 g/mol. The summed E-state index contributed by atoms with van der Waals surface area (Å²) in [4.78, 5) is 7.36. The van der Waals surface area contributed by atoms with Gasteiger partial charge in [-0.2, -0.15) is 10.5 Å². The zero-order chi connectivity index (χ0) is 21.3. The lowest BCUT2D eigenvalue weighted by Gasteiger charge is -2.02. The lowest BCUT2D eigenvalue weighted by molar-refractivity contribution is 1.01. The van der Waals surface area contributed by atoms with Crippen LogP contribution in [-0.4, -0.2) is 9.97 Å². The molecule has 0 aliphatic carbocycles. The number of fused-ring (bicyclic) bond motifs is 2. The molecule has 4 aromatic rings. The van der Waals surface area contributed by atoms with E-state index in [1.54, 1.807) is 12.3 Å². The molecule has 2 heterocycles. The predicted molar refractivity (Wildman–Crippen MR) is 124 cm³/mol. The van der Waals surface area contributed by atoms with Crippen molar-refractivity contribution < 1.29 is 0 Å². The Morgan fingerprint density at radius 2 is 1.57 bits per heavy atom. The van der Waals surface area contributed by atoms with Crippen molar-refractivity contribution in [1.82, 2.24) is 9.97 Å². The number of rotatable bonds is 4. The molecule has 0 spiro atoms. The van der Waals surface area contributed by atoms with Gasteiger partial charge >= 0.3 is 0 Å². The fourth-order valence-corrected chi connectivity index (χ4v) is 3.53. The monoisotopic (exact) mass is 430 g/mol. The van der Waals surface area contributed by atoms with E-state index < -0.39 is 0 Å². The zero-order valence-electron chi connectivity index (χ0n) is 16.2. The van der Waals surface area contributed by atoms with Crippen molar-refractivity contribution in [1.29, 1.82) is 10.5 Å². The van der Waals surface area contributed by atoms with Crippen LogP contribution in [0.2, 0.25) is 5.02 Å². The van der Waals surface area contributed by atoms with Gasteiger partial charge in [-0.1, -0.05) is 36.0 Å². The number of benzene rings is 2. The van der Waals surface area contributed by atoms with Gasteiger partial charge in [0, 0.05) is 46.0 Å². The molecule has 0 aliphatic rings. The highest BCUT2D eigenvalue weighted by Gasteiger charge is 2.01. The topological polar surface area (TPSA) is 76.3 Å². The Kier molecular flexibility index (Phi) is 7.51. The maximum Gasteiger partial charge on any atom is 0.0717 e. The second-order valence-corrected chi connectivity index (χ2v) is 7.53. The third kappa shape index (κ3) is 5.42. The molecule has 0 aliphatic heterocycles. The Morgan fingerprint density at radius 3 is 2.27 bits per heavy atom. The van der Waals surface area contributed by atoms with Gasteiger partial charge in [0.15, 0.2) is 0 Å². The number of aryl methyl sites for hydroxylation is 2. The van der Waals surface area contributed by atoms with Crippen LogP contribution in [0.5, 0.6) is 0 Å². The molecule has 30 heavy (non-hydrogen) atoms. The van der Waals surface area contributed by atoms with Crippen LogP contribution in [0.15, 0.2) is 60.9 Å². The Balaban J connectivity index is 0.000000171. The van der Waals surface area contributed by atoms with Crippen LogP contribution in [-0.2, 0) is 12.8 Å². The summed E-state index contributed by atoms with van der Waals surface area (Å²) in [5.74, 6) is 0. The van der Waals surface area contributed by atoms with Gasteiger partial charge in [0.1, 0.15) is 0 Å². The van der Waals surface area contributed by atoms with Gasteiger partial charge in [0.25, 0.3) is 0 Å². The van der Waals surface area contributed by atoms with E-state index >= 15 is 0 Å². The number of nitrogens with one attached hydrogen (secondary N) is 1. The molecule has 0 bridgehead atoms. The van der Waals surface area contributed by atoms with Crippen molar-refractivity contribution in [3.63, 3.8) is 0 Å². The maximum atomic E-state index is 8.52. The van der Waals surface area contributed by atoms with Crippen LogP contribution in [0.4, 0.5) is 0 Å². The molecule has 148 valence electrons. The van der Waals surface area contributed by atoms with Crippen molar-refractivity contribution in [2.75, 3.05) is 0 Å². The first-order valence-electron chi connectivity index (χ1n) is 9.50. The van der Waals surface area contributed by atoms with Gasteiger partial charge < -0.3 is 4.98 Å². The van der Waals surface area contributed by atoms with Crippen molar-refractivity contribution in [3.05, 3.63) is 81.6 Å². The number of aromatic nitrogens is 2. The molecule has 0 radical (unpaired) electrons. The molecule has 4 rings (SSSR count). The van der Waals surface area contributed by atoms with Crippen LogP contribution in [0.25, 0.3) is 21.8 Å². The average molecular weight is 431 g/mol. The summed E-state index contributed by atoms with van der Waals surface area (Å²) in [5.41, 5.74) is 4.22. The second kappa shape index (κ2) is 10.5. The van der Waals surface area contributed by atoms with Crippen molar-refractivity contribution in [3.8, 4) is 12.1 Å². The molecule has 6 heteroatoms. The summed E-state index contributed by atoms with van der Waals surface area (Å²) in [6.07, 6.45) is 6.17. The summed E-state index contributed by atoms with van der Waals surface area (Å²) in [7, 11) is 0. The zero-order valence-corrected chi connectivity index (χ0v) is 17.8. The van der Waals surface area contributed by atoms with E-state index in [-0.39, 0.29) is 0 Å². The number of aromatic amines is 1. The normalized spacial score (nSPS) is 10.1. The quantitative estimate of drug-likeness (QED) is 0.365. The molecule has 0 saturated heterocycles. The Bertz CT molecular complexity index is 1310. The fraction of sp³-hybridized carbons (Fsp3) is 0.167. The van der Waals surface area contributed by atoms with E-state index in [2.05, 4.69) is 28.2 Å². The van der Waals surface area contributed by atoms with Crippen molar-refractivity contribution >= 4 is 45.6 Å². The van der Waals surface area contributed by atoms with Crippen molar-refractivity contribution in [2.24, 2.45) is 0 Å². The minimum atomic E-state index is 0.531. The second-order valence-electron chi connectivity index (χ2n) is 6.68. The summed E-state index contributed by atoms with van der Waals surface area (Å²) >= 11 is 11.3. The van der Waals surface area contributed by atoms with Gasteiger partial charge in [0.2, 0.25) is 0 Å². The largest absolute Gasteiger partial charge is 0.361 e. The van der Waals surface area contributed by atoms with Crippen LogP contribution < -0.4 is 0 Å². The predicted octanol–water partition coefficient (Wildman–Crippen LogP) is 6.70. The first kappa shape index (κ1) is 21.5. The van der Waals surface area contributed by atoms with E-state index in [4.69, 9.17) is 34.3 Å². The standard InChI is InChI=1S/C12H9ClN2.C12H10N2S/c13-11-5-7-15-12-4-3-9(2-1-6-14)8-10(11)12;13-6-1-2-9-3-4-11-10(8-9)12(15)5-7-14-11/h3-5,7-8H,1-2H2;3-5,7-8H,1-2H2,(H,14,15). The summed E-state index contributed by atoms with van der Waals surface area (Å²) in [5, 5.41) is 19.7. The third-order valence-electron chi connectivity index (χ3n) is 4.63. The maximum absolute atomic E-state index is 8.52. The summed E-state index contributed by atoms with van der Waals surface area (Å²) in [6, 6.07) is 20.0. The lowest BCUT2D eigenvalue weighted by atomic mass is 10.1. The molecule has 0 amide bonds. The SMILES string of the molecule is N#CCCc1ccc2[nH]ccc(=S)c2c1.N#CCCc1ccc2nccc(Cl)c2c1. The van der Waals surface area contributed by atoms with Crippen LogP contribution in [0, 0.1) is 27.2 Å². The number of halogens is 1. The average Bonchev–Trinajstić information content (AvgIpc) is 2.77. The number of hydrogen-bond donors (Lipinski definition) is 1. The van der Waals surface area contributed by atoms with Crippen LogP contribution in [0.3, 0.4) is 0 Å². The van der Waals surface area contributed by atoms with Crippen LogP contribution >= 0.6 is 23.8 Å². The Labute approximate surface area is 185 Å². The smallest absolute Gasteiger partial charge is 0.0717 e. The number of pyridine rings is 2. The van der Waals surface area contributed by atoms with Gasteiger partial charge in [-0.05, 0) is 60.4 Å². The molecule has 0 atom stereocenters. The molecule has 0 fully saturated rings. The summed E-state index contributed by atoms with van der Waals surface area (Å²) < 4.78 is 0.850. The molecule has 0 saturated carbocycles. The molecular formula is C24H19ClN4S. The minimum absolute atomic E-state index is 0.531. The molecule has 4 nitrogen and oxygen atoms in total.